The Morgan fingerprint density at radius 1 is 1.14 bits per heavy atom. The minimum atomic E-state index is -1.63. The van der Waals surface area contributed by atoms with Crippen LogP contribution in [0.3, 0.4) is 0 Å². The van der Waals surface area contributed by atoms with Crippen LogP contribution in [0.2, 0.25) is 5.02 Å². The Balaban J connectivity index is 1.64. The Morgan fingerprint density at radius 3 is 2.52 bits per heavy atom. The highest BCUT2D eigenvalue weighted by molar-refractivity contribution is 6.30. The van der Waals surface area contributed by atoms with Crippen LogP contribution in [0.15, 0.2) is 36.7 Å². The topological polar surface area (TPSA) is 116 Å². The van der Waals surface area contributed by atoms with Gasteiger partial charge in [-0.05, 0) is 49.8 Å². The summed E-state index contributed by atoms with van der Waals surface area (Å²) in [7, 11) is 1.39. The summed E-state index contributed by atoms with van der Waals surface area (Å²) in [5.74, 6) is -0.173. The maximum Gasteiger partial charge on any atom is 0.427 e. The molecule has 1 aliphatic carbocycles. The maximum absolute atomic E-state index is 15.3. The van der Waals surface area contributed by atoms with Gasteiger partial charge in [-0.3, -0.25) is 10.3 Å². The first-order chi connectivity index (χ1) is 20.2. The van der Waals surface area contributed by atoms with Crippen LogP contribution in [0.1, 0.15) is 62.9 Å². The van der Waals surface area contributed by atoms with Gasteiger partial charge in [0.2, 0.25) is 0 Å². The predicted molar refractivity (Wildman–Crippen MR) is 150 cm³/mol. The number of carbonyl (C=O) groups excluding carboxylic acids is 1. The van der Waals surface area contributed by atoms with Gasteiger partial charge in [-0.15, -0.1) is 5.48 Å². The normalized spacial score (nSPS) is 22.1. The number of methoxy groups -OCH3 is 1. The molecule has 10 nitrogen and oxygen atoms in total. The van der Waals surface area contributed by atoms with Crippen molar-refractivity contribution in [3.8, 4) is 11.3 Å². The lowest BCUT2D eigenvalue weighted by molar-refractivity contribution is 0.0217. The summed E-state index contributed by atoms with van der Waals surface area (Å²) in [5, 5.41) is 2.99. The lowest BCUT2D eigenvalue weighted by Crippen LogP contribution is -2.33. The highest BCUT2D eigenvalue weighted by atomic mass is 35.5. The Bertz CT molecular complexity index is 1640. The zero-order valence-electron chi connectivity index (χ0n) is 23.3. The fourth-order valence-corrected chi connectivity index (χ4v) is 6.08. The minimum Gasteiger partial charge on any atom is -0.366 e. The zero-order chi connectivity index (χ0) is 29.6. The average molecular weight is 598 g/mol. The van der Waals surface area contributed by atoms with Crippen LogP contribution >= 0.6 is 11.6 Å². The van der Waals surface area contributed by atoms with Gasteiger partial charge in [-0.2, -0.15) is 0 Å². The first-order valence-electron chi connectivity index (χ1n) is 13.8. The zero-order valence-corrected chi connectivity index (χ0v) is 24.1. The molecule has 2 unspecified atom stereocenters. The summed E-state index contributed by atoms with van der Waals surface area (Å²) >= 11 is 6.34. The van der Waals surface area contributed by atoms with Gasteiger partial charge in [0.25, 0.3) is 0 Å². The molecule has 1 saturated heterocycles. The van der Waals surface area contributed by atoms with Crippen LogP contribution in [0, 0.1) is 23.5 Å². The van der Waals surface area contributed by atoms with E-state index < -0.39 is 29.5 Å². The van der Waals surface area contributed by atoms with Crippen LogP contribution in [0.4, 0.5) is 13.6 Å². The second-order valence-electron chi connectivity index (χ2n) is 11.1. The van der Waals surface area contributed by atoms with Crippen molar-refractivity contribution in [3.63, 3.8) is 0 Å². The second kappa shape index (κ2) is 11.2. The van der Waals surface area contributed by atoms with E-state index in [1.165, 1.54) is 31.5 Å². The third-order valence-corrected chi connectivity index (χ3v) is 8.45. The highest BCUT2D eigenvalue weighted by Gasteiger charge is 2.41. The van der Waals surface area contributed by atoms with Gasteiger partial charge in [0.15, 0.2) is 23.2 Å². The van der Waals surface area contributed by atoms with E-state index in [2.05, 4.69) is 27.7 Å². The molecule has 220 valence electrons. The van der Waals surface area contributed by atoms with Crippen LogP contribution < -0.4 is 10.8 Å². The van der Waals surface area contributed by atoms with Crippen molar-refractivity contribution in [2.75, 3.05) is 7.11 Å². The van der Waals surface area contributed by atoms with Crippen molar-refractivity contribution in [1.29, 1.82) is 0 Å². The molecule has 0 radical (unpaired) electrons. The number of hydroxylamine groups is 1. The number of hydrogen-bond donors (Lipinski definition) is 2. The van der Waals surface area contributed by atoms with Crippen molar-refractivity contribution >= 4 is 28.9 Å². The molecule has 0 bridgehead atoms. The Labute approximate surface area is 245 Å². The van der Waals surface area contributed by atoms with Crippen LogP contribution in [-0.2, 0) is 21.7 Å². The van der Waals surface area contributed by atoms with E-state index >= 15 is 8.78 Å². The standard InChI is InChI=1S/C29H30ClF2N7O3/c1-15-7-9-16(10-8-15)14-39-23-22(17-11-18(30)13-33-12-17)34-25(26-37-28(40)42-38-26)35-24(23)36-27(39)29(2,41-3)21-19(31)5-4-6-20(21)32/h4-6,11-13,15-16,26,38H,7-10,14H2,1-3H3,(H,37,40). The molecule has 2 aliphatic rings. The number of halogens is 3. The van der Waals surface area contributed by atoms with E-state index in [4.69, 9.17) is 31.1 Å². The van der Waals surface area contributed by atoms with Gasteiger partial charge >= 0.3 is 6.09 Å². The first-order valence-corrected chi connectivity index (χ1v) is 14.2. The van der Waals surface area contributed by atoms with Crippen LogP contribution in [-0.4, -0.2) is 37.7 Å². The van der Waals surface area contributed by atoms with E-state index in [1.807, 2.05) is 4.57 Å². The summed E-state index contributed by atoms with van der Waals surface area (Å²) in [4.78, 5) is 35.2. The largest absolute Gasteiger partial charge is 0.427 e. The first kappa shape index (κ1) is 28.4. The van der Waals surface area contributed by atoms with Crippen LogP contribution in [0.25, 0.3) is 22.4 Å². The van der Waals surface area contributed by atoms with Crippen molar-refractivity contribution in [3.05, 3.63) is 70.5 Å². The number of benzene rings is 1. The molecule has 1 aliphatic heterocycles. The summed E-state index contributed by atoms with van der Waals surface area (Å²) in [5.41, 5.74) is 2.45. The number of aromatic nitrogens is 5. The Morgan fingerprint density at radius 2 is 1.88 bits per heavy atom. The molecule has 2 atom stereocenters. The molecule has 4 heterocycles. The molecule has 1 saturated carbocycles. The van der Waals surface area contributed by atoms with Gasteiger partial charge < -0.3 is 14.1 Å². The van der Waals surface area contributed by atoms with Crippen LogP contribution in [0.5, 0.6) is 0 Å². The van der Waals surface area contributed by atoms with Gasteiger partial charge in [0.05, 0.1) is 10.6 Å². The van der Waals surface area contributed by atoms with E-state index in [0.717, 1.165) is 25.7 Å². The third kappa shape index (κ3) is 5.07. The minimum absolute atomic E-state index is 0.169. The molecular formula is C29H30ClF2N7O3. The SMILES string of the molecule is COC(C)(c1c(F)cccc1F)c1nc2nc(C3NOC(=O)N3)nc(-c3cncc(Cl)c3)c2n1CC1CCC(C)CC1. The van der Waals surface area contributed by atoms with Crippen molar-refractivity contribution in [2.24, 2.45) is 11.8 Å². The number of carbonyl (C=O) groups is 1. The molecule has 2 fully saturated rings. The van der Waals surface area contributed by atoms with Crippen molar-refractivity contribution in [2.45, 2.75) is 57.8 Å². The molecule has 4 aromatic rings. The monoisotopic (exact) mass is 597 g/mol. The highest BCUT2D eigenvalue weighted by Crippen LogP contribution is 2.40. The fraction of sp³-hybridized carbons (Fsp3) is 0.414. The number of hydrogen-bond acceptors (Lipinski definition) is 8. The lowest BCUT2D eigenvalue weighted by Gasteiger charge is -2.32. The lowest BCUT2D eigenvalue weighted by atomic mass is 9.83. The molecule has 6 rings (SSSR count). The van der Waals surface area contributed by atoms with Crippen molar-refractivity contribution < 1.29 is 23.1 Å². The summed E-state index contributed by atoms with van der Waals surface area (Å²) in [6.45, 7) is 4.34. The van der Waals surface area contributed by atoms with E-state index in [0.29, 0.717) is 34.3 Å². The quantitative estimate of drug-likeness (QED) is 0.275. The number of imidazole rings is 1. The maximum atomic E-state index is 15.3. The molecule has 2 N–H and O–H groups in total. The number of amides is 1. The second-order valence-corrected chi connectivity index (χ2v) is 11.5. The number of rotatable bonds is 7. The van der Waals surface area contributed by atoms with Gasteiger partial charge in [0, 0.05) is 31.6 Å². The molecule has 1 aromatic carbocycles. The van der Waals surface area contributed by atoms with E-state index in [1.54, 1.807) is 19.2 Å². The summed E-state index contributed by atoms with van der Waals surface area (Å²) in [6.07, 6.45) is 5.70. The Hall–Kier alpha value is -3.74. The number of nitrogens with zero attached hydrogens (tertiary/aromatic N) is 5. The molecule has 3 aromatic heterocycles. The van der Waals surface area contributed by atoms with Gasteiger partial charge in [-0.1, -0.05) is 37.4 Å². The smallest absolute Gasteiger partial charge is 0.366 e. The molecule has 1 amide bonds. The molecule has 13 heteroatoms. The molecular weight excluding hydrogens is 568 g/mol. The number of ether oxygens (including phenoxy) is 1. The molecule has 0 spiro atoms. The fourth-order valence-electron chi connectivity index (χ4n) is 5.90. The number of fused-ring (bicyclic) bond motifs is 1. The average Bonchev–Trinajstić information content (AvgIpc) is 3.57. The summed E-state index contributed by atoms with van der Waals surface area (Å²) in [6, 6.07) is 5.41. The van der Waals surface area contributed by atoms with Crippen molar-refractivity contribution in [1.82, 2.24) is 35.3 Å². The van der Waals surface area contributed by atoms with Gasteiger partial charge in [0.1, 0.15) is 28.7 Å². The van der Waals surface area contributed by atoms with E-state index in [-0.39, 0.29) is 28.8 Å². The number of pyridine rings is 1. The predicted octanol–water partition coefficient (Wildman–Crippen LogP) is 5.80. The number of nitrogens with one attached hydrogen (secondary N) is 2. The Kier molecular flexibility index (Phi) is 7.54. The molecule has 42 heavy (non-hydrogen) atoms. The van der Waals surface area contributed by atoms with E-state index in [9.17, 15) is 4.79 Å². The van der Waals surface area contributed by atoms with Gasteiger partial charge in [-0.25, -0.2) is 28.5 Å². The summed E-state index contributed by atoms with van der Waals surface area (Å²) < 4.78 is 38.5. The third-order valence-electron chi connectivity index (χ3n) is 8.24.